The molecule has 0 unspecified atom stereocenters. The minimum absolute atomic E-state index is 0.127. The molecule has 3 nitrogen and oxygen atoms in total. The number of allylic oxidation sites excluding steroid dienone is 4. The number of fused-ring (bicyclic) bond motifs is 5. The summed E-state index contributed by atoms with van der Waals surface area (Å²) in [5.74, 6) is 2.52. The molecule has 0 aromatic rings. The molecule has 3 heteroatoms. The fraction of sp³-hybridized carbons (Fsp3) is 0.789. The third-order valence-corrected chi connectivity index (χ3v) is 7.82. The highest BCUT2D eigenvalue weighted by atomic mass is 16.3. The van der Waals surface area contributed by atoms with Crippen LogP contribution in [0.15, 0.2) is 23.7 Å². The van der Waals surface area contributed by atoms with Crippen molar-refractivity contribution in [1.82, 2.24) is 0 Å². The molecule has 0 heterocycles. The Balaban J connectivity index is 1.71. The number of rotatable bonds is 0. The highest BCUT2D eigenvalue weighted by Gasteiger charge is 2.60. The maximum Gasteiger partial charge on any atom is 0.0944 e. The van der Waals surface area contributed by atoms with E-state index in [9.17, 15) is 15.3 Å². The third-order valence-electron chi connectivity index (χ3n) is 7.82. The lowest BCUT2D eigenvalue weighted by Crippen LogP contribution is -2.57. The van der Waals surface area contributed by atoms with Gasteiger partial charge >= 0.3 is 0 Å². The molecule has 0 amide bonds. The molecule has 0 aromatic carbocycles. The molecule has 4 aliphatic carbocycles. The van der Waals surface area contributed by atoms with Crippen molar-refractivity contribution in [3.05, 3.63) is 23.7 Å². The van der Waals surface area contributed by atoms with E-state index in [-0.39, 0.29) is 22.9 Å². The maximum absolute atomic E-state index is 10.9. The molecule has 0 saturated heterocycles. The standard InChI is InChI=1S/C19H28O3/c1-18-7-5-12(20)9-11(18)10-15(21)17-13-3-4-16(22)19(13,2)8-6-14(17)18/h4,9,11,13-15,17,20-22H,3,5-8,10H2,1-2H3/t11-,13-,14-,15-,17-,18-,19-/m0/s1. The summed E-state index contributed by atoms with van der Waals surface area (Å²) in [7, 11) is 0. The van der Waals surface area contributed by atoms with Crippen LogP contribution in [0.2, 0.25) is 0 Å². The lowest BCUT2D eigenvalue weighted by atomic mass is 9.45. The first kappa shape index (κ1) is 14.6. The molecular weight excluding hydrogens is 276 g/mol. The van der Waals surface area contributed by atoms with E-state index >= 15 is 0 Å². The van der Waals surface area contributed by atoms with Gasteiger partial charge in [0.05, 0.1) is 17.6 Å². The van der Waals surface area contributed by atoms with Crippen molar-refractivity contribution >= 4 is 0 Å². The first-order chi connectivity index (χ1) is 10.4. The highest BCUT2D eigenvalue weighted by molar-refractivity contribution is 5.23. The van der Waals surface area contributed by atoms with Crippen molar-refractivity contribution in [1.29, 1.82) is 0 Å². The summed E-state index contributed by atoms with van der Waals surface area (Å²) >= 11 is 0. The van der Waals surface area contributed by atoms with Crippen molar-refractivity contribution in [2.45, 2.75) is 58.5 Å². The van der Waals surface area contributed by atoms with E-state index in [0.717, 1.165) is 38.5 Å². The van der Waals surface area contributed by atoms with Crippen LogP contribution in [0.1, 0.15) is 52.4 Å². The van der Waals surface area contributed by atoms with Gasteiger partial charge in [0.25, 0.3) is 0 Å². The Labute approximate surface area is 132 Å². The van der Waals surface area contributed by atoms with E-state index in [1.165, 1.54) is 0 Å². The molecular formula is C19H28O3. The molecule has 4 rings (SSSR count). The normalized spacial score (nSPS) is 53.9. The van der Waals surface area contributed by atoms with Gasteiger partial charge in [0, 0.05) is 11.8 Å². The zero-order valence-corrected chi connectivity index (χ0v) is 13.6. The zero-order valence-electron chi connectivity index (χ0n) is 13.6. The Bertz CT molecular complexity index is 551. The van der Waals surface area contributed by atoms with Crippen LogP contribution in [0, 0.1) is 34.5 Å². The van der Waals surface area contributed by atoms with Crippen molar-refractivity contribution in [3.63, 3.8) is 0 Å². The average Bonchev–Trinajstić information content (AvgIpc) is 2.77. The van der Waals surface area contributed by atoms with E-state index in [0.29, 0.717) is 29.3 Å². The van der Waals surface area contributed by atoms with Gasteiger partial charge < -0.3 is 15.3 Å². The van der Waals surface area contributed by atoms with Gasteiger partial charge in [-0.2, -0.15) is 0 Å². The molecule has 22 heavy (non-hydrogen) atoms. The SMILES string of the molecule is C[C@]12CCC(O)=C[C@H]1C[C@H](O)[C@@H]1[C@@H]2CC[C@]2(C)C(O)=CC[C@@H]12. The summed E-state index contributed by atoms with van der Waals surface area (Å²) in [5.41, 5.74) is 0.0631. The molecule has 2 fully saturated rings. The minimum Gasteiger partial charge on any atom is -0.513 e. The fourth-order valence-corrected chi connectivity index (χ4v) is 6.35. The summed E-state index contributed by atoms with van der Waals surface area (Å²) in [5, 5.41) is 31.1. The summed E-state index contributed by atoms with van der Waals surface area (Å²) < 4.78 is 0. The molecule has 7 atom stereocenters. The fourth-order valence-electron chi connectivity index (χ4n) is 6.35. The van der Waals surface area contributed by atoms with E-state index in [2.05, 4.69) is 13.8 Å². The summed E-state index contributed by atoms with van der Waals surface area (Å²) in [6.07, 6.45) is 9.25. The number of aliphatic hydroxyl groups is 3. The minimum atomic E-state index is -0.311. The van der Waals surface area contributed by atoms with Gasteiger partial charge in [-0.15, -0.1) is 0 Å². The van der Waals surface area contributed by atoms with Crippen LogP contribution in [0.25, 0.3) is 0 Å². The van der Waals surface area contributed by atoms with Gasteiger partial charge in [-0.05, 0) is 73.3 Å². The number of hydrogen-bond donors (Lipinski definition) is 3. The second kappa shape index (κ2) is 4.53. The van der Waals surface area contributed by atoms with Crippen LogP contribution < -0.4 is 0 Å². The first-order valence-electron chi connectivity index (χ1n) is 8.83. The second-order valence-electron chi connectivity index (χ2n) is 8.64. The molecule has 0 aliphatic heterocycles. The average molecular weight is 304 g/mol. The Kier molecular flexibility index (Phi) is 3.01. The summed E-state index contributed by atoms with van der Waals surface area (Å²) in [6.45, 7) is 4.55. The Morgan fingerprint density at radius 1 is 1.14 bits per heavy atom. The Morgan fingerprint density at radius 3 is 2.68 bits per heavy atom. The van der Waals surface area contributed by atoms with E-state index in [1.54, 1.807) is 0 Å². The van der Waals surface area contributed by atoms with Crippen LogP contribution in [0.3, 0.4) is 0 Å². The zero-order chi connectivity index (χ0) is 15.7. The molecule has 0 radical (unpaired) electrons. The number of aliphatic hydroxyl groups excluding tert-OH is 3. The Morgan fingerprint density at radius 2 is 1.91 bits per heavy atom. The largest absolute Gasteiger partial charge is 0.513 e. The van der Waals surface area contributed by atoms with E-state index in [4.69, 9.17) is 0 Å². The monoisotopic (exact) mass is 304 g/mol. The lowest BCUT2D eigenvalue weighted by molar-refractivity contribution is -0.143. The van der Waals surface area contributed by atoms with Gasteiger partial charge in [-0.3, -0.25) is 0 Å². The van der Waals surface area contributed by atoms with Crippen molar-refractivity contribution in [3.8, 4) is 0 Å². The van der Waals surface area contributed by atoms with Crippen molar-refractivity contribution < 1.29 is 15.3 Å². The van der Waals surface area contributed by atoms with Gasteiger partial charge in [0.2, 0.25) is 0 Å². The third kappa shape index (κ3) is 1.72. The smallest absolute Gasteiger partial charge is 0.0944 e. The van der Waals surface area contributed by atoms with E-state index < -0.39 is 0 Å². The number of hydrogen-bond acceptors (Lipinski definition) is 3. The summed E-state index contributed by atoms with van der Waals surface area (Å²) in [6, 6.07) is 0. The molecule has 122 valence electrons. The summed E-state index contributed by atoms with van der Waals surface area (Å²) in [4.78, 5) is 0. The molecule has 0 spiro atoms. The van der Waals surface area contributed by atoms with Gasteiger partial charge in [0.15, 0.2) is 0 Å². The van der Waals surface area contributed by atoms with Crippen LogP contribution in [-0.4, -0.2) is 21.4 Å². The van der Waals surface area contributed by atoms with Crippen LogP contribution >= 0.6 is 0 Å². The topological polar surface area (TPSA) is 60.7 Å². The van der Waals surface area contributed by atoms with Gasteiger partial charge in [-0.25, -0.2) is 0 Å². The van der Waals surface area contributed by atoms with Crippen molar-refractivity contribution in [2.24, 2.45) is 34.5 Å². The molecule has 2 saturated carbocycles. The molecule has 3 N–H and O–H groups in total. The quantitative estimate of drug-likeness (QED) is 0.631. The Hall–Kier alpha value is -0.960. The van der Waals surface area contributed by atoms with Gasteiger partial charge in [0.1, 0.15) is 0 Å². The van der Waals surface area contributed by atoms with Crippen LogP contribution in [0.4, 0.5) is 0 Å². The van der Waals surface area contributed by atoms with Gasteiger partial charge in [-0.1, -0.05) is 13.8 Å². The van der Waals surface area contributed by atoms with Crippen LogP contribution in [0.5, 0.6) is 0 Å². The maximum atomic E-state index is 10.9. The van der Waals surface area contributed by atoms with E-state index in [1.807, 2.05) is 12.2 Å². The lowest BCUT2D eigenvalue weighted by Gasteiger charge is -2.60. The first-order valence-corrected chi connectivity index (χ1v) is 8.83. The molecule has 0 aromatic heterocycles. The molecule has 0 bridgehead atoms. The predicted octanol–water partition coefficient (Wildman–Crippen LogP) is 4.10. The van der Waals surface area contributed by atoms with Crippen molar-refractivity contribution in [2.75, 3.05) is 0 Å². The highest BCUT2D eigenvalue weighted by Crippen LogP contribution is 2.65. The van der Waals surface area contributed by atoms with Crippen LogP contribution in [-0.2, 0) is 0 Å². The molecule has 4 aliphatic rings. The predicted molar refractivity (Wildman–Crippen MR) is 85.3 cm³/mol. The second-order valence-corrected chi connectivity index (χ2v) is 8.64.